The van der Waals surface area contributed by atoms with E-state index in [9.17, 15) is 14.7 Å². The van der Waals surface area contributed by atoms with Gasteiger partial charge in [-0.15, -0.1) is 0 Å². The number of fused-ring (bicyclic) bond motifs is 1. The molecule has 170 valence electrons. The highest BCUT2D eigenvalue weighted by Crippen LogP contribution is 2.39. The van der Waals surface area contributed by atoms with Crippen LogP contribution in [0.1, 0.15) is 36.9 Å². The fourth-order valence-electron chi connectivity index (χ4n) is 4.51. The van der Waals surface area contributed by atoms with E-state index in [-0.39, 0.29) is 30.1 Å². The lowest BCUT2D eigenvalue weighted by molar-refractivity contribution is -0.132. The molecular weight excluding hydrogens is 450 g/mol. The van der Waals surface area contributed by atoms with Crippen molar-refractivity contribution in [3.05, 3.63) is 99.3 Å². The predicted molar refractivity (Wildman–Crippen MR) is 134 cm³/mol. The van der Waals surface area contributed by atoms with Crippen LogP contribution >= 0.6 is 11.6 Å². The lowest BCUT2D eigenvalue weighted by Crippen LogP contribution is -2.26. The fraction of sp³-hybridized carbons (Fsp3) is 0.148. The molecule has 0 saturated heterocycles. The molecule has 0 bridgehead atoms. The van der Waals surface area contributed by atoms with Crippen LogP contribution in [0.5, 0.6) is 5.75 Å². The van der Waals surface area contributed by atoms with Crippen LogP contribution in [0.2, 0.25) is 5.02 Å². The van der Waals surface area contributed by atoms with Gasteiger partial charge in [0.25, 0.3) is 5.56 Å². The van der Waals surface area contributed by atoms with Crippen LogP contribution in [0.15, 0.2) is 82.7 Å². The summed E-state index contributed by atoms with van der Waals surface area (Å²) in [5.74, 6) is -0.106. The molecule has 3 aromatic carbocycles. The number of aromatic amines is 1. The molecule has 34 heavy (non-hydrogen) atoms. The number of nitrogens with zero attached hydrogens (tertiary/aromatic N) is 2. The quantitative estimate of drug-likeness (QED) is 0.403. The second kappa shape index (κ2) is 8.80. The number of aromatic nitrogens is 1. The van der Waals surface area contributed by atoms with Crippen molar-refractivity contribution in [1.29, 1.82) is 0 Å². The summed E-state index contributed by atoms with van der Waals surface area (Å²) < 4.78 is 0. The van der Waals surface area contributed by atoms with Crippen molar-refractivity contribution in [2.45, 2.75) is 25.8 Å². The number of pyridine rings is 1. The number of hydrogen-bond acceptors (Lipinski definition) is 4. The molecule has 2 heterocycles. The number of phenolic OH excluding ortho intramolecular Hbond substituents is 1. The zero-order valence-corrected chi connectivity index (χ0v) is 19.2. The smallest absolute Gasteiger partial charge is 0.258 e. The molecule has 1 aliphatic rings. The number of H-pyrrole nitrogens is 1. The Morgan fingerprint density at radius 1 is 1.09 bits per heavy atom. The van der Waals surface area contributed by atoms with E-state index in [0.29, 0.717) is 32.9 Å². The van der Waals surface area contributed by atoms with E-state index >= 15 is 0 Å². The third-order valence-electron chi connectivity index (χ3n) is 6.09. The van der Waals surface area contributed by atoms with E-state index in [2.05, 4.69) is 10.1 Å². The third kappa shape index (κ3) is 3.76. The van der Waals surface area contributed by atoms with Crippen LogP contribution in [0.4, 0.5) is 0 Å². The van der Waals surface area contributed by atoms with E-state index < -0.39 is 6.04 Å². The Kier molecular flexibility index (Phi) is 5.67. The first-order valence-corrected chi connectivity index (χ1v) is 11.4. The highest BCUT2D eigenvalue weighted by molar-refractivity contribution is 6.31. The average molecular weight is 472 g/mol. The Morgan fingerprint density at radius 3 is 2.56 bits per heavy atom. The third-order valence-corrected chi connectivity index (χ3v) is 6.33. The summed E-state index contributed by atoms with van der Waals surface area (Å²) in [6, 6.07) is 21.3. The van der Waals surface area contributed by atoms with Gasteiger partial charge in [0, 0.05) is 39.9 Å². The first-order valence-electron chi connectivity index (χ1n) is 11.1. The van der Waals surface area contributed by atoms with Gasteiger partial charge >= 0.3 is 0 Å². The van der Waals surface area contributed by atoms with Gasteiger partial charge in [-0.2, -0.15) is 5.10 Å². The van der Waals surface area contributed by atoms with Crippen molar-refractivity contribution in [3.8, 4) is 16.9 Å². The average Bonchev–Trinajstić information content (AvgIpc) is 3.28. The predicted octanol–water partition coefficient (Wildman–Crippen LogP) is 5.64. The number of nitrogens with one attached hydrogen (secondary N) is 1. The largest absolute Gasteiger partial charge is 0.508 e. The number of carbonyl (C=O) groups is 1. The van der Waals surface area contributed by atoms with Crippen molar-refractivity contribution in [2.75, 3.05) is 0 Å². The van der Waals surface area contributed by atoms with Crippen molar-refractivity contribution < 1.29 is 9.90 Å². The van der Waals surface area contributed by atoms with E-state index in [1.807, 2.05) is 42.5 Å². The van der Waals surface area contributed by atoms with Gasteiger partial charge in [-0.1, -0.05) is 67.1 Å². The van der Waals surface area contributed by atoms with Crippen LogP contribution in [-0.2, 0) is 4.79 Å². The minimum absolute atomic E-state index is 0.0836. The van der Waals surface area contributed by atoms with Gasteiger partial charge in [0.1, 0.15) is 5.75 Å². The second-order valence-electron chi connectivity index (χ2n) is 8.18. The molecule has 1 amide bonds. The highest BCUT2D eigenvalue weighted by atomic mass is 35.5. The van der Waals surface area contributed by atoms with E-state index in [1.54, 1.807) is 37.3 Å². The molecule has 0 aliphatic carbocycles. The maximum Gasteiger partial charge on any atom is 0.258 e. The molecule has 0 radical (unpaired) electrons. The minimum atomic E-state index is -0.512. The molecule has 1 aromatic heterocycles. The molecule has 0 saturated carbocycles. The lowest BCUT2D eigenvalue weighted by Gasteiger charge is -2.22. The zero-order valence-electron chi connectivity index (χ0n) is 18.5. The molecular formula is C27H22ClN3O3. The SMILES string of the molecule is CCC(=O)N1N=C(c2c(-c3ccccc3)c3cc(Cl)ccc3[nH]c2=O)C[C@H]1c1ccccc1O. The standard InChI is InChI=1S/C27H22ClN3O3/c1-2-24(33)31-22(18-10-6-7-11-23(18)32)15-21(30-31)26-25(16-8-4-3-5-9-16)19-14-17(28)12-13-20(19)29-27(26)34/h3-14,22,32H,2,15H2,1H3,(H,29,34)/t22-/m0/s1. The van der Waals surface area contributed by atoms with Crippen LogP contribution in [0.3, 0.4) is 0 Å². The summed E-state index contributed by atoms with van der Waals surface area (Å²) in [6.45, 7) is 1.76. The Hall–Kier alpha value is -3.90. The number of amides is 1. The lowest BCUT2D eigenvalue weighted by atomic mass is 9.91. The van der Waals surface area contributed by atoms with E-state index in [0.717, 1.165) is 10.9 Å². The Labute approximate surface area is 201 Å². The first kappa shape index (κ1) is 21.9. The Morgan fingerprint density at radius 2 is 1.82 bits per heavy atom. The van der Waals surface area contributed by atoms with Crippen LogP contribution in [-0.4, -0.2) is 26.7 Å². The summed E-state index contributed by atoms with van der Waals surface area (Å²) in [6.07, 6.45) is 0.536. The molecule has 7 heteroatoms. The highest BCUT2D eigenvalue weighted by Gasteiger charge is 2.36. The summed E-state index contributed by atoms with van der Waals surface area (Å²) >= 11 is 6.33. The Bertz CT molecular complexity index is 1490. The van der Waals surface area contributed by atoms with Gasteiger partial charge in [-0.3, -0.25) is 9.59 Å². The van der Waals surface area contributed by atoms with Gasteiger partial charge in [0.2, 0.25) is 5.91 Å². The van der Waals surface area contributed by atoms with Crippen LogP contribution in [0.25, 0.3) is 22.0 Å². The summed E-state index contributed by atoms with van der Waals surface area (Å²) in [7, 11) is 0. The van der Waals surface area contributed by atoms with Crippen molar-refractivity contribution in [1.82, 2.24) is 9.99 Å². The first-order chi connectivity index (χ1) is 16.5. The number of aromatic hydroxyl groups is 1. The zero-order chi connectivity index (χ0) is 23.8. The van der Waals surface area contributed by atoms with Gasteiger partial charge in [-0.25, -0.2) is 5.01 Å². The molecule has 2 N–H and O–H groups in total. The Balaban J connectivity index is 1.76. The van der Waals surface area contributed by atoms with Crippen molar-refractivity contribution in [3.63, 3.8) is 0 Å². The monoisotopic (exact) mass is 471 g/mol. The molecule has 0 spiro atoms. The van der Waals surface area contributed by atoms with E-state index in [4.69, 9.17) is 11.6 Å². The van der Waals surface area contributed by atoms with Crippen molar-refractivity contribution >= 4 is 34.1 Å². The second-order valence-corrected chi connectivity index (χ2v) is 8.61. The number of para-hydroxylation sites is 1. The number of hydrazone groups is 1. The number of hydrogen-bond donors (Lipinski definition) is 2. The van der Waals surface area contributed by atoms with Crippen LogP contribution in [0, 0.1) is 0 Å². The van der Waals surface area contributed by atoms with Gasteiger partial charge in [0.05, 0.1) is 17.3 Å². The molecule has 0 fully saturated rings. The van der Waals surface area contributed by atoms with Gasteiger partial charge < -0.3 is 10.1 Å². The fourth-order valence-corrected chi connectivity index (χ4v) is 4.68. The molecule has 1 aliphatic heterocycles. The maximum absolute atomic E-state index is 13.4. The summed E-state index contributed by atoms with van der Waals surface area (Å²) in [5.41, 5.74) is 3.39. The molecule has 6 nitrogen and oxygen atoms in total. The van der Waals surface area contributed by atoms with Crippen LogP contribution < -0.4 is 5.56 Å². The molecule has 5 rings (SSSR count). The van der Waals surface area contributed by atoms with Crippen molar-refractivity contribution in [2.24, 2.45) is 5.10 Å². The normalized spacial score (nSPS) is 15.5. The summed E-state index contributed by atoms with van der Waals surface area (Å²) in [4.78, 5) is 29.2. The number of halogens is 1. The molecule has 4 aromatic rings. The molecule has 1 atom stereocenters. The number of rotatable bonds is 4. The van der Waals surface area contributed by atoms with Gasteiger partial charge in [-0.05, 0) is 29.8 Å². The minimum Gasteiger partial charge on any atom is -0.508 e. The molecule has 0 unspecified atom stereocenters. The summed E-state index contributed by atoms with van der Waals surface area (Å²) in [5, 5.41) is 17.9. The van der Waals surface area contributed by atoms with Gasteiger partial charge in [0.15, 0.2) is 0 Å². The topological polar surface area (TPSA) is 85.8 Å². The number of benzene rings is 3. The number of phenols is 1. The maximum atomic E-state index is 13.4. The van der Waals surface area contributed by atoms with E-state index in [1.165, 1.54) is 5.01 Å². The number of carbonyl (C=O) groups excluding carboxylic acids is 1.